The normalized spacial score (nSPS) is 24.2. The molecule has 1 aromatic rings. The van der Waals surface area contributed by atoms with Crippen LogP contribution in [0.2, 0.25) is 5.02 Å². The summed E-state index contributed by atoms with van der Waals surface area (Å²) in [6.07, 6.45) is 0.804. The van der Waals surface area contributed by atoms with Gasteiger partial charge in [-0.2, -0.15) is 4.31 Å². The molecule has 2 aliphatic rings. The van der Waals surface area contributed by atoms with Crippen molar-refractivity contribution in [3.63, 3.8) is 0 Å². The fourth-order valence-electron chi connectivity index (χ4n) is 3.35. The van der Waals surface area contributed by atoms with Crippen molar-refractivity contribution in [3.8, 4) is 0 Å². The molecule has 2 atom stereocenters. The van der Waals surface area contributed by atoms with Crippen LogP contribution >= 0.6 is 24.0 Å². The van der Waals surface area contributed by atoms with Crippen LogP contribution in [0.3, 0.4) is 0 Å². The van der Waals surface area contributed by atoms with Gasteiger partial charge in [-0.05, 0) is 44.3 Å². The largest absolute Gasteiger partial charge is 0.316 e. The van der Waals surface area contributed by atoms with E-state index in [4.69, 9.17) is 11.6 Å². The number of benzene rings is 1. The fourth-order valence-corrected chi connectivity index (χ4v) is 5.19. The topological polar surface area (TPSA) is 92.6 Å². The summed E-state index contributed by atoms with van der Waals surface area (Å²) in [5.74, 6) is 0.812. The zero-order valence-corrected chi connectivity index (χ0v) is 15.5. The van der Waals surface area contributed by atoms with E-state index in [-0.39, 0.29) is 33.6 Å². The van der Waals surface area contributed by atoms with Gasteiger partial charge in [-0.1, -0.05) is 11.6 Å². The van der Waals surface area contributed by atoms with E-state index in [1.54, 1.807) is 0 Å². The molecule has 0 aromatic heterocycles. The van der Waals surface area contributed by atoms with Crippen LogP contribution in [0.25, 0.3) is 0 Å². The van der Waals surface area contributed by atoms with Crippen LogP contribution in [0.15, 0.2) is 17.0 Å². The highest BCUT2D eigenvalue weighted by Crippen LogP contribution is 2.34. The minimum Gasteiger partial charge on any atom is -0.316 e. The molecule has 0 amide bonds. The Kier molecular flexibility index (Phi) is 5.76. The van der Waals surface area contributed by atoms with Crippen LogP contribution in [-0.4, -0.2) is 43.8 Å². The van der Waals surface area contributed by atoms with E-state index in [1.165, 1.54) is 17.3 Å². The van der Waals surface area contributed by atoms with Crippen molar-refractivity contribution in [2.45, 2.75) is 18.2 Å². The first-order valence-corrected chi connectivity index (χ1v) is 9.28. The molecule has 24 heavy (non-hydrogen) atoms. The summed E-state index contributed by atoms with van der Waals surface area (Å²) in [7, 11) is -3.78. The highest BCUT2D eigenvalue weighted by molar-refractivity contribution is 7.89. The SMILES string of the molecule is Cc1c(Cl)cc(S(=O)(=O)N2CCC3CNCC3C2)cc1[N+](=O)[O-].Cl. The molecule has 2 saturated heterocycles. The number of nitrogens with one attached hydrogen (secondary N) is 1. The number of piperidine rings is 1. The van der Waals surface area contributed by atoms with Gasteiger partial charge in [0, 0.05) is 24.7 Å². The molecule has 1 aromatic carbocycles. The zero-order valence-electron chi connectivity index (χ0n) is 13.1. The van der Waals surface area contributed by atoms with Gasteiger partial charge >= 0.3 is 0 Å². The van der Waals surface area contributed by atoms with Crippen LogP contribution in [0.5, 0.6) is 0 Å². The molecule has 0 aliphatic carbocycles. The van der Waals surface area contributed by atoms with Crippen LogP contribution in [0.4, 0.5) is 5.69 Å². The van der Waals surface area contributed by atoms with Crippen molar-refractivity contribution in [3.05, 3.63) is 32.8 Å². The number of nitro groups is 1. The minimum absolute atomic E-state index is 0. The van der Waals surface area contributed by atoms with Crippen LogP contribution < -0.4 is 5.32 Å². The number of sulfonamides is 1. The van der Waals surface area contributed by atoms with Gasteiger partial charge < -0.3 is 5.32 Å². The van der Waals surface area contributed by atoms with E-state index in [0.29, 0.717) is 24.9 Å². The molecule has 10 heteroatoms. The Bertz CT molecular complexity index is 757. The molecule has 134 valence electrons. The lowest BCUT2D eigenvalue weighted by Crippen LogP contribution is -2.43. The summed E-state index contributed by atoms with van der Waals surface area (Å²) in [6.45, 7) is 4.13. The van der Waals surface area contributed by atoms with Crippen molar-refractivity contribution >= 4 is 39.7 Å². The van der Waals surface area contributed by atoms with Crippen LogP contribution in [-0.2, 0) is 10.0 Å². The third-order valence-electron chi connectivity index (χ3n) is 4.79. The average Bonchev–Trinajstić information content (AvgIpc) is 2.96. The maximum absolute atomic E-state index is 12.8. The van der Waals surface area contributed by atoms with Gasteiger partial charge in [0.05, 0.1) is 14.8 Å². The number of rotatable bonds is 3. The number of nitrogens with zero attached hydrogens (tertiary/aromatic N) is 2. The molecule has 2 fully saturated rings. The number of hydrogen-bond acceptors (Lipinski definition) is 5. The molecule has 2 heterocycles. The van der Waals surface area contributed by atoms with Gasteiger partial charge in [-0.25, -0.2) is 8.42 Å². The molecule has 7 nitrogen and oxygen atoms in total. The van der Waals surface area contributed by atoms with Gasteiger partial charge in [0.15, 0.2) is 0 Å². The van der Waals surface area contributed by atoms with E-state index in [2.05, 4.69) is 5.32 Å². The number of hydrogen-bond donors (Lipinski definition) is 1. The standard InChI is InChI=1S/C14H18ClN3O4S.ClH/c1-9-13(15)4-12(5-14(9)18(19)20)23(21,22)17-3-2-10-6-16-7-11(10)8-17;/h4-5,10-11,16H,2-3,6-8H2,1H3;1H. The Morgan fingerprint density at radius 1 is 1.33 bits per heavy atom. The molecule has 3 rings (SSSR count). The first kappa shape index (κ1) is 19.4. The number of nitro benzene ring substituents is 1. The highest BCUT2D eigenvalue weighted by Gasteiger charge is 2.38. The lowest BCUT2D eigenvalue weighted by atomic mass is 9.90. The van der Waals surface area contributed by atoms with Crippen molar-refractivity contribution in [2.75, 3.05) is 26.2 Å². The third kappa shape index (κ3) is 3.39. The van der Waals surface area contributed by atoms with E-state index < -0.39 is 14.9 Å². The van der Waals surface area contributed by atoms with Crippen molar-refractivity contribution in [1.82, 2.24) is 9.62 Å². The van der Waals surface area contributed by atoms with Crippen molar-refractivity contribution < 1.29 is 13.3 Å². The van der Waals surface area contributed by atoms with Gasteiger partial charge in [0.1, 0.15) is 0 Å². The quantitative estimate of drug-likeness (QED) is 0.625. The summed E-state index contributed by atoms with van der Waals surface area (Å²) in [5, 5.41) is 14.5. The Morgan fingerprint density at radius 2 is 2.00 bits per heavy atom. The molecule has 1 N–H and O–H groups in total. The maximum Gasteiger partial charge on any atom is 0.275 e. The average molecular weight is 396 g/mol. The lowest BCUT2D eigenvalue weighted by molar-refractivity contribution is -0.385. The van der Waals surface area contributed by atoms with Crippen LogP contribution in [0.1, 0.15) is 12.0 Å². The van der Waals surface area contributed by atoms with E-state index in [0.717, 1.165) is 25.6 Å². The summed E-state index contributed by atoms with van der Waals surface area (Å²) >= 11 is 6.00. The van der Waals surface area contributed by atoms with Crippen molar-refractivity contribution in [1.29, 1.82) is 0 Å². The van der Waals surface area contributed by atoms with E-state index in [9.17, 15) is 18.5 Å². The molecule has 2 aliphatic heterocycles. The monoisotopic (exact) mass is 395 g/mol. The summed E-state index contributed by atoms with van der Waals surface area (Å²) in [6, 6.07) is 2.41. The third-order valence-corrected chi connectivity index (χ3v) is 7.03. The Balaban J connectivity index is 0.00000208. The molecule has 0 saturated carbocycles. The smallest absolute Gasteiger partial charge is 0.275 e. The molecular weight excluding hydrogens is 377 g/mol. The summed E-state index contributed by atoms with van der Waals surface area (Å²) in [5.41, 5.74) is 0.00260. The Morgan fingerprint density at radius 3 is 2.67 bits per heavy atom. The van der Waals surface area contributed by atoms with E-state index >= 15 is 0 Å². The van der Waals surface area contributed by atoms with Gasteiger partial charge in [-0.3, -0.25) is 10.1 Å². The maximum atomic E-state index is 12.8. The second kappa shape index (κ2) is 7.13. The van der Waals surface area contributed by atoms with E-state index in [1.807, 2.05) is 0 Å². The van der Waals surface area contributed by atoms with Gasteiger partial charge in [0.2, 0.25) is 10.0 Å². The summed E-state index contributed by atoms with van der Waals surface area (Å²) in [4.78, 5) is 10.4. The second-order valence-corrected chi connectivity index (χ2v) is 8.48. The number of halogens is 2. The van der Waals surface area contributed by atoms with Gasteiger partial charge in [-0.15, -0.1) is 12.4 Å². The predicted molar refractivity (Wildman–Crippen MR) is 93.3 cm³/mol. The molecule has 0 radical (unpaired) electrons. The predicted octanol–water partition coefficient (Wildman–Crippen LogP) is 2.21. The zero-order chi connectivity index (χ0) is 16.8. The van der Waals surface area contributed by atoms with Crippen molar-refractivity contribution in [2.24, 2.45) is 11.8 Å². The molecular formula is C14H19Cl2N3O4S. The molecule has 0 bridgehead atoms. The Hall–Kier alpha value is -0.930. The summed E-state index contributed by atoms with van der Waals surface area (Å²) < 4.78 is 27.1. The fraction of sp³-hybridized carbons (Fsp3) is 0.571. The minimum atomic E-state index is -3.78. The molecule has 0 spiro atoms. The Labute approximate surface area is 152 Å². The first-order valence-electron chi connectivity index (χ1n) is 7.46. The highest BCUT2D eigenvalue weighted by atomic mass is 35.5. The molecule has 2 unspecified atom stereocenters. The van der Waals surface area contributed by atoms with Crippen LogP contribution in [0, 0.1) is 28.9 Å². The van der Waals surface area contributed by atoms with Gasteiger partial charge in [0.25, 0.3) is 5.69 Å². The lowest BCUT2D eigenvalue weighted by Gasteiger charge is -2.33. The number of fused-ring (bicyclic) bond motifs is 1. The first-order chi connectivity index (χ1) is 10.8. The second-order valence-electron chi connectivity index (χ2n) is 6.14.